The normalized spacial score (nSPS) is 23.3. The van der Waals surface area contributed by atoms with Crippen molar-refractivity contribution in [2.24, 2.45) is 5.92 Å². The Hall–Kier alpha value is -1.39. The summed E-state index contributed by atoms with van der Waals surface area (Å²) in [6.45, 7) is 5.40. The molecule has 0 spiro atoms. The predicted molar refractivity (Wildman–Crippen MR) is 83.3 cm³/mol. The molecule has 0 saturated carbocycles. The number of hydrogen-bond acceptors (Lipinski definition) is 3. The molecule has 2 aliphatic rings. The maximum Gasteiger partial charge on any atom is 0.228 e. The van der Waals surface area contributed by atoms with E-state index < -0.39 is 0 Å². The molecule has 2 heterocycles. The molecule has 1 N–H and O–H groups in total. The fourth-order valence-electron chi connectivity index (χ4n) is 3.45. The Labute approximate surface area is 126 Å². The lowest BCUT2D eigenvalue weighted by Gasteiger charge is -2.20. The van der Waals surface area contributed by atoms with Crippen molar-refractivity contribution in [1.29, 1.82) is 0 Å². The lowest BCUT2D eigenvalue weighted by molar-refractivity contribution is -0.118. The molecule has 21 heavy (non-hydrogen) atoms. The molecular weight excluding hydrogens is 264 g/mol. The number of fused-ring (bicyclic) bond motifs is 1. The summed E-state index contributed by atoms with van der Waals surface area (Å²) in [6, 6.07) is 8.18. The first-order valence-corrected chi connectivity index (χ1v) is 7.94. The topological polar surface area (TPSA) is 43.8 Å². The second-order valence-electron chi connectivity index (χ2n) is 6.26. The van der Waals surface area contributed by atoms with E-state index in [-0.39, 0.29) is 12.0 Å². The number of hydrogen-bond donors (Lipinski definition) is 1. The van der Waals surface area contributed by atoms with Crippen LogP contribution in [-0.2, 0) is 11.2 Å². The molecule has 2 unspecified atom stereocenters. The van der Waals surface area contributed by atoms with Gasteiger partial charge in [0, 0.05) is 31.7 Å². The number of anilines is 1. The standard InChI is InChI=1S/C17H24N2O2/c1-13(20)15-6-9-18(12-15)10-8-17(21)19-11-7-14-4-2-3-5-16(14)19/h2-5,13,15,20H,6-12H2,1H3. The van der Waals surface area contributed by atoms with Crippen LogP contribution in [0.15, 0.2) is 24.3 Å². The summed E-state index contributed by atoms with van der Waals surface area (Å²) in [5, 5.41) is 9.63. The second-order valence-corrected chi connectivity index (χ2v) is 6.26. The molecule has 0 aromatic heterocycles. The first-order valence-electron chi connectivity index (χ1n) is 7.94. The van der Waals surface area contributed by atoms with Crippen LogP contribution in [-0.4, -0.2) is 48.2 Å². The molecule has 1 aromatic carbocycles. The fraction of sp³-hybridized carbons (Fsp3) is 0.588. The van der Waals surface area contributed by atoms with Gasteiger partial charge in [-0.2, -0.15) is 0 Å². The average molecular weight is 288 g/mol. The van der Waals surface area contributed by atoms with E-state index in [9.17, 15) is 9.90 Å². The van der Waals surface area contributed by atoms with Crippen LogP contribution in [0.25, 0.3) is 0 Å². The summed E-state index contributed by atoms with van der Waals surface area (Å²) in [5.74, 6) is 0.591. The van der Waals surface area contributed by atoms with Crippen molar-refractivity contribution in [3.63, 3.8) is 0 Å². The molecular formula is C17H24N2O2. The lowest BCUT2D eigenvalue weighted by Crippen LogP contribution is -2.33. The highest BCUT2D eigenvalue weighted by Gasteiger charge is 2.28. The first-order chi connectivity index (χ1) is 10.1. The van der Waals surface area contributed by atoms with Crippen LogP contribution >= 0.6 is 0 Å². The molecule has 4 nitrogen and oxygen atoms in total. The van der Waals surface area contributed by atoms with E-state index in [0.29, 0.717) is 12.3 Å². The van der Waals surface area contributed by atoms with Gasteiger partial charge in [0.15, 0.2) is 0 Å². The van der Waals surface area contributed by atoms with Crippen molar-refractivity contribution >= 4 is 11.6 Å². The molecule has 0 radical (unpaired) electrons. The molecule has 1 saturated heterocycles. The molecule has 1 fully saturated rings. The van der Waals surface area contributed by atoms with Crippen LogP contribution in [0.4, 0.5) is 5.69 Å². The predicted octanol–water partition coefficient (Wildman–Crippen LogP) is 1.67. The van der Waals surface area contributed by atoms with E-state index >= 15 is 0 Å². The van der Waals surface area contributed by atoms with Gasteiger partial charge < -0.3 is 14.9 Å². The number of likely N-dealkylation sites (tertiary alicyclic amines) is 1. The van der Waals surface area contributed by atoms with Gasteiger partial charge in [-0.3, -0.25) is 4.79 Å². The van der Waals surface area contributed by atoms with Crippen molar-refractivity contribution < 1.29 is 9.90 Å². The molecule has 2 aliphatic heterocycles. The summed E-state index contributed by atoms with van der Waals surface area (Å²) in [7, 11) is 0. The van der Waals surface area contributed by atoms with Gasteiger partial charge in [0.25, 0.3) is 0 Å². The first kappa shape index (κ1) is 14.5. The second kappa shape index (κ2) is 6.16. The average Bonchev–Trinajstić information content (AvgIpc) is 3.11. The maximum atomic E-state index is 12.4. The number of nitrogens with zero attached hydrogens (tertiary/aromatic N) is 2. The van der Waals surface area contributed by atoms with Gasteiger partial charge in [-0.05, 0) is 43.9 Å². The summed E-state index contributed by atoms with van der Waals surface area (Å²) in [4.78, 5) is 16.7. The molecule has 114 valence electrons. The highest BCUT2D eigenvalue weighted by atomic mass is 16.3. The summed E-state index contributed by atoms with van der Waals surface area (Å²) in [5.41, 5.74) is 2.37. The van der Waals surface area contributed by atoms with E-state index in [1.807, 2.05) is 30.0 Å². The zero-order valence-corrected chi connectivity index (χ0v) is 12.7. The van der Waals surface area contributed by atoms with E-state index in [4.69, 9.17) is 0 Å². The van der Waals surface area contributed by atoms with Gasteiger partial charge in [0.1, 0.15) is 0 Å². The zero-order chi connectivity index (χ0) is 14.8. The maximum absolute atomic E-state index is 12.4. The third-order valence-corrected chi connectivity index (χ3v) is 4.82. The molecule has 0 bridgehead atoms. The van der Waals surface area contributed by atoms with Crippen molar-refractivity contribution in [3.05, 3.63) is 29.8 Å². The summed E-state index contributed by atoms with van der Waals surface area (Å²) in [6.07, 6.45) is 2.34. The Morgan fingerprint density at radius 3 is 2.95 bits per heavy atom. The minimum Gasteiger partial charge on any atom is -0.393 e. The Kier molecular flexibility index (Phi) is 4.27. The minimum atomic E-state index is -0.240. The van der Waals surface area contributed by atoms with Crippen LogP contribution in [0.1, 0.15) is 25.3 Å². The van der Waals surface area contributed by atoms with Gasteiger partial charge in [0.2, 0.25) is 5.91 Å². The SMILES string of the molecule is CC(O)C1CCN(CCC(=O)N2CCc3ccccc32)C1. The van der Waals surface area contributed by atoms with Crippen molar-refractivity contribution in [2.75, 3.05) is 31.1 Å². The lowest BCUT2D eigenvalue weighted by atomic mass is 10.0. The molecule has 2 atom stereocenters. The van der Waals surface area contributed by atoms with E-state index in [1.54, 1.807) is 0 Å². The fourth-order valence-corrected chi connectivity index (χ4v) is 3.45. The highest BCUT2D eigenvalue weighted by molar-refractivity contribution is 5.95. The molecule has 1 aromatic rings. The van der Waals surface area contributed by atoms with Crippen LogP contribution < -0.4 is 4.90 Å². The van der Waals surface area contributed by atoms with Crippen molar-refractivity contribution in [2.45, 2.75) is 32.3 Å². The smallest absolute Gasteiger partial charge is 0.228 e. The third-order valence-electron chi connectivity index (χ3n) is 4.82. The van der Waals surface area contributed by atoms with E-state index in [0.717, 1.165) is 44.7 Å². The molecule has 3 rings (SSSR count). The zero-order valence-electron chi connectivity index (χ0n) is 12.7. The molecule has 1 amide bonds. The van der Waals surface area contributed by atoms with Gasteiger partial charge in [-0.15, -0.1) is 0 Å². The third kappa shape index (κ3) is 3.11. The van der Waals surface area contributed by atoms with Crippen LogP contribution in [0.2, 0.25) is 0 Å². The van der Waals surface area contributed by atoms with Crippen molar-refractivity contribution in [3.8, 4) is 0 Å². The molecule has 4 heteroatoms. The monoisotopic (exact) mass is 288 g/mol. The van der Waals surface area contributed by atoms with Crippen LogP contribution in [0.5, 0.6) is 0 Å². The van der Waals surface area contributed by atoms with Gasteiger partial charge in [0.05, 0.1) is 6.10 Å². The van der Waals surface area contributed by atoms with Gasteiger partial charge >= 0.3 is 0 Å². The number of carbonyl (C=O) groups excluding carboxylic acids is 1. The highest BCUT2D eigenvalue weighted by Crippen LogP contribution is 2.28. The van der Waals surface area contributed by atoms with E-state index in [1.165, 1.54) is 5.56 Å². The molecule has 0 aliphatic carbocycles. The Balaban J connectivity index is 1.52. The minimum absolute atomic E-state index is 0.223. The number of para-hydroxylation sites is 1. The Morgan fingerprint density at radius 1 is 1.38 bits per heavy atom. The number of carbonyl (C=O) groups is 1. The Morgan fingerprint density at radius 2 is 2.19 bits per heavy atom. The van der Waals surface area contributed by atoms with Gasteiger partial charge in [-0.25, -0.2) is 0 Å². The van der Waals surface area contributed by atoms with E-state index in [2.05, 4.69) is 11.0 Å². The van der Waals surface area contributed by atoms with Gasteiger partial charge in [-0.1, -0.05) is 18.2 Å². The number of aliphatic hydroxyl groups is 1. The quantitative estimate of drug-likeness (QED) is 0.916. The summed E-state index contributed by atoms with van der Waals surface area (Å²) >= 11 is 0. The van der Waals surface area contributed by atoms with Crippen molar-refractivity contribution in [1.82, 2.24) is 4.90 Å². The number of aliphatic hydroxyl groups excluding tert-OH is 1. The number of rotatable bonds is 4. The van der Waals surface area contributed by atoms with Crippen LogP contribution in [0.3, 0.4) is 0 Å². The number of benzene rings is 1. The van der Waals surface area contributed by atoms with Crippen LogP contribution in [0, 0.1) is 5.92 Å². The Bertz CT molecular complexity index is 515. The largest absolute Gasteiger partial charge is 0.393 e. The number of amides is 1. The summed E-state index contributed by atoms with van der Waals surface area (Å²) < 4.78 is 0.